The highest BCUT2D eigenvalue weighted by Gasteiger charge is 2.18. The summed E-state index contributed by atoms with van der Waals surface area (Å²) in [7, 11) is 0. The summed E-state index contributed by atoms with van der Waals surface area (Å²) in [5.41, 5.74) is 2.60. The number of hydrogen-bond acceptors (Lipinski definition) is 5. The maximum Gasteiger partial charge on any atom is 0.294 e. The van der Waals surface area contributed by atoms with Crippen LogP contribution in [0.1, 0.15) is 12.2 Å². The fourth-order valence-electron chi connectivity index (χ4n) is 3.47. The molecular formula is C20H17N3O2S. The molecule has 0 bridgehead atoms. The van der Waals surface area contributed by atoms with E-state index in [0.717, 1.165) is 24.1 Å². The molecule has 0 radical (unpaired) electrons. The molecule has 1 aliphatic heterocycles. The van der Waals surface area contributed by atoms with Gasteiger partial charge in [-0.1, -0.05) is 24.3 Å². The zero-order valence-corrected chi connectivity index (χ0v) is 14.9. The SMILES string of the molecule is O=c1[nH]c(CN2CCCSc3ccccc32)nc2c1oc1ccccc12. The number of rotatable bonds is 2. The summed E-state index contributed by atoms with van der Waals surface area (Å²) in [6, 6.07) is 16.0. The Bertz CT molecular complexity index is 1160. The van der Waals surface area contributed by atoms with Gasteiger partial charge in [-0.3, -0.25) is 4.79 Å². The summed E-state index contributed by atoms with van der Waals surface area (Å²) in [5, 5.41) is 0.877. The molecule has 1 aliphatic rings. The molecule has 6 heteroatoms. The number of H-pyrrole nitrogens is 1. The van der Waals surface area contributed by atoms with Gasteiger partial charge in [-0.05, 0) is 36.4 Å². The van der Waals surface area contributed by atoms with Crippen LogP contribution in [0, 0.1) is 0 Å². The first-order valence-electron chi connectivity index (χ1n) is 8.67. The van der Waals surface area contributed by atoms with Crippen LogP contribution in [0.2, 0.25) is 0 Å². The first-order chi connectivity index (χ1) is 12.8. The molecule has 0 aliphatic carbocycles. The summed E-state index contributed by atoms with van der Waals surface area (Å²) in [5.74, 6) is 1.76. The van der Waals surface area contributed by atoms with Gasteiger partial charge in [0.2, 0.25) is 5.58 Å². The van der Waals surface area contributed by atoms with Crippen molar-refractivity contribution in [3.63, 3.8) is 0 Å². The summed E-state index contributed by atoms with van der Waals surface area (Å²) in [6.07, 6.45) is 1.10. The minimum atomic E-state index is -0.223. The van der Waals surface area contributed by atoms with E-state index >= 15 is 0 Å². The fraction of sp³-hybridized carbons (Fsp3) is 0.200. The monoisotopic (exact) mass is 363 g/mol. The predicted octanol–water partition coefficient (Wildman–Crippen LogP) is 4.17. The van der Waals surface area contributed by atoms with Gasteiger partial charge in [0.1, 0.15) is 16.9 Å². The Morgan fingerprint density at radius 2 is 2.00 bits per heavy atom. The van der Waals surface area contributed by atoms with E-state index in [1.165, 1.54) is 10.6 Å². The van der Waals surface area contributed by atoms with Crippen LogP contribution in [-0.4, -0.2) is 22.3 Å². The van der Waals surface area contributed by atoms with Gasteiger partial charge in [0.25, 0.3) is 5.56 Å². The Morgan fingerprint density at radius 1 is 1.15 bits per heavy atom. The van der Waals surface area contributed by atoms with Crippen molar-refractivity contribution in [2.75, 3.05) is 17.2 Å². The quantitative estimate of drug-likeness (QED) is 0.579. The van der Waals surface area contributed by atoms with Crippen molar-refractivity contribution in [3.05, 3.63) is 64.7 Å². The van der Waals surface area contributed by atoms with Gasteiger partial charge >= 0.3 is 0 Å². The molecule has 4 aromatic rings. The molecule has 1 N–H and O–H groups in total. The Morgan fingerprint density at radius 3 is 2.96 bits per heavy atom. The van der Waals surface area contributed by atoms with Crippen molar-refractivity contribution in [1.82, 2.24) is 9.97 Å². The van der Waals surface area contributed by atoms with Gasteiger partial charge < -0.3 is 14.3 Å². The van der Waals surface area contributed by atoms with Crippen molar-refractivity contribution in [3.8, 4) is 0 Å². The molecule has 130 valence electrons. The van der Waals surface area contributed by atoms with Crippen LogP contribution in [0.4, 0.5) is 5.69 Å². The number of aromatic nitrogens is 2. The highest BCUT2D eigenvalue weighted by atomic mass is 32.2. The van der Waals surface area contributed by atoms with Crippen LogP contribution in [0.15, 0.2) is 62.6 Å². The number of anilines is 1. The van der Waals surface area contributed by atoms with E-state index in [4.69, 9.17) is 9.40 Å². The average molecular weight is 363 g/mol. The zero-order chi connectivity index (χ0) is 17.5. The number of aromatic amines is 1. The van der Waals surface area contributed by atoms with E-state index in [-0.39, 0.29) is 5.56 Å². The van der Waals surface area contributed by atoms with E-state index in [1.54, 1.807) is 0 Å². The fourth-order valence-corrected chi connectivity index (χ4v) is 4.48. The van der Waals surface area contributed by atoms with E-state index in [0.29, 0.717) is 29.1 Å². The number of thioether (sulfide) groups is 1. The van der Waals surface area contributed by atoms with Gasteiger partial charge in [0, 0.05) is 16.8 Å². The number of para-hydroxylation sites is 2. The normalized spacial score (nSPS) is 14.5. The third kappa shape index (κ3) is 2.57. The Kier molecular flexibility index (Phi) is 3.71. The highest BCUT2D eigenvalue weighted by molar-refractivity contribution is 7.99. The molecule has 5 rings (SSSR count). The van der Waals surface area contributed by atoms with E-state index in [1.807, 2.05) is 36.0 Å². The summed E-state index contributed by atoms with van der Waals surface area (Å²) in [4.78, 5) is 23.7. The van der Waals surface area contributed by atoms with Gasteiger partial charge in [-0.2, -0.15) is 0 Å². The molecule has 3 heterocycles. The van der Waals surface area contributed by atoms with Crippen LogP contribution >= 0.6 is 11.8 Å². The van der Waals surface area contributed by atoms with Crippen LogP contribution < -0.4 is 10.5 Å². The number of furan rings is 1. The molecule has 0 amide bonds. The van der Waals surface area contributed by atoms with Crippen LogP contribution in [0.3, 0.4) is 0 Å². The molecule has 0 spiro atoms. The lowest BCUT2D eigenvalue weighted by Crippen LogP contribution is -2.26. The largest absolute Gasteiger partial charge is 0.449 e. The second-order valence-electron chi connectivity index (χ2n) is 6.38. The molecule has 0 saturated heterocycles. The van der Waals surface area contributed by atoms with Crippen LogP contribution in [-0.2, 0) is 6.54 Å². The van der Waals surface area contributed by atoms with Gasteiger partial charge in [0.15, 0.2) is 0 Å². The van der Waals surface area contributed by atoms with Crippen LogP contribution in [0.5, 0.6) is 0 Å². The average Bonchev–Trinajstić information content (AvgIpc) is 2.92. The van der Waals surface area contributed by atoms with E-state index < -0.39 is 0 Å². The number of hydrogen-bond donors (Lipinski definition) is 1. The Hall–Kier alpha value is -2.73. The number of benzene rings is 2. The molecule has 0 saturated carbocycles. The number of fused-ring (bicyclic) bond motifs is 4. The standard InChI is InChI=1S/C20H17N3O2S/c24-20-19-18(13-6-1-3-8-15(13)25-19)21-17(22-20)12-23-10-5-11-26-16-9-4-2-7-14(16)23/h1-4,6-9H,5,10-12H2,(H,21,22,24). The molecule has 2 aromatic carbocycles. The third-order valence-corrected chi connectivity index (χ3v) is 5.81. The van der Waals surface area contributed by atoms with Crippen molar-refractivity contribution in [2.24, 2.45) is 0 Å². The molecule has 0 fully saturated rings. The van der Waals surface area contributed by atoms with E-state index in [2.05, 4.69) is 34.1 Å². The van der Waals surface area contributed by atoms with Crippen molar-refractivity contribution < 1.29 is 4.42 Å². The maximum absolute atomic E-state index is 12.5. The predicted molar refractivity (Wildman–Crippen MR) is 105 cm³/mol. The summed E-state index contributed by atoms with van der Waals surface area (Å²) >= 11 is 1.88. The Balaban J connectivity index is 1.60. The molecule has 0 atom stereocenters. The van der Waals surface area contributed by atoms with E-state index in [9.17, 15) is 4.79 Å². The van der Waals surface area contributed by atoms with Crippen molar-refractivity contribution >= 4 is 39.5 Å². The second-order valence-corrected chi connectivity index (χ2v) is 7.52. The minimum Gasteiger partial charge on any atom is -0.449 e. The van der Waals surface area contributed by atoms with Gasteiger partial charge in [-0.25, -0.2) is 4.98 Å². The van der Waals surface area contributed by atoms with Crippen molar-refractivity contribution in [1.29, 1.82) is 0 Å². The zero-order valence-electron chi connectivity index (χ0n) is 14.1. The maximum atomic E-state index is 12.5. The highest BCUT2D eigenvalue weighted by Crippen LogP contribution is 2.34. The smallest absolute Gasteiger partial charge is 0.294 e. The van der Waals surface area contributed by atoms with Gasteiger partial charge in [-0.15, -0.1) is 11.8 Å². The first-order valence-corrected chi connectivity index (χ1v) is 9.65. The molecule has 5 nitrogen and oxygen atoms in total. The lowest BCUT2D eigenvalue weighted by Gasteiger charge is -2.23. The molecule has 2 aromatic heterocycles. The lowest BCUT2D eigenvalue weighted by molar-refractivity contribution is 0.657. The number of nitrogens with one attached hydrogen (secondary N) is 1. The number of nitrogens with zero attached hydrogens (tertiary/aromatic N) is 2. The van der Waals surface area contributed by atoms with Crippen molar-refractivity contribution in [2.45, 2.75) is 17.9 Å². The summed E-state index contributed by atoms with van der Waals surface area (Å²) < 4.78 is 5.68. The second kappa shape index (κ2) is 6.21. The first kappa shape index (κ1) is 15.5. The van der Waals surface area contributed by atoms with Crippen LogP contribution in [0.25, 0.3) is 22.1 Å². The lowest BCUT2D eigenvalue weighted by atomic mass is 10.2. The molecular weight excluding hydrogens is 346 g/mol. The molecule has 26 heavy (non-hydrogen) atoms. The summed E-state index contributed by atoms with van der Waals surface area (Å²) in [6.45, 7) is 1.51. The minimum absolute atomic E-state index is 0.223. The molecule has 0 unspecified atom stereocenters. The van der Waals surface area contributed by atoms with Gasteiger partial charge in [0.05, 0.1) is 12.2 Å². The Labute approximate surface area is 154 Å². The topological polar surface area (TPSA) is 62.1 Å². The third-order valence-electron chi connectivity index (χ3n) is 4.66.